The molecule has 0 amide bonds. The van der Waals surface area contributed by atoms with E-state index in [0.29, 0.717) is 6.42 Å². The van der Waals surface area contributed by atoms with E-state index in [1.165, 1.54) is 16.8 Å². The van der Waals surface area contributed by atoms with Crippen LogP contribution in [0.15, 0.2) is 42.5 Å². The first-order valence-corrected chi connectivity index (χ1v) is 9.22. The second-order valence-corrected chi connectivity index (χ2v) is 7.39. The number of anilines is 2. The van der Waals surface area contributed by atoms with Crippen molar-refractivity contribution in [2.45, 2.75) is 31.9 Å². The molecular formula is C21H27N3O. The summed E-state index contributed by atoms with van der Waals surface area (Å²) in [6.07, 6.45) is 1.24. The van der Waals surface area contributed by atoms with Crippen molar-refractivity contribution in [3.8, 4) is 0 Å². The van der Waals surface area contributed by atoms with E-state index in [1.54, 1.807) is 0 Å². The smallest absolute Gasteiger partial charge is 0.0739 e. The van der Waals surface area contributed by atoms with Crippen molar-refractivity contribution in [1.82, 2.24) is 4.90 Å². The zero-order chi connectivity index (χ0) is 17.4. The van der Waals surface area contributed by atoms with E-state index in [1.807, 2.05) is 12.1 Å². The molecule has 1 heterocycles. The molecule has 0 bridgehead atoms. The van der Waals surface area contributed by atoms with Crippen LogP contribution in [0.1, 0.15) is 16.7 Å². The van der Waals surface area contributed by atoms with Gasteiger partial charge >= 0.3 is 0 Å². The monoisotopic (exact) mass is 337 g/mol. The Hall–Kier alpha value is -2.04. The average molecular weight is 337 g/mol. The third-order valence-electron chi connectivity index (χ3n) is 5.75. The van der Waals surface area contributed by atoms with Gasteiger partial charge in [0.05, 0.1) is 6.10 Å². The molecule has 0 saturated carbocycles. The van der Waals surface area contributed by atoms with Gasteiger partial charge in [0.2, 0.25) is 0 Å². The van der Waals surface area contributed by atoms with E-state index in [4.69, 9.17) is 5.73 Å². The predicted molar refractivity (Wildman–Crippen MR) is 103 cm³/mol. The summed E-state index contributed by atoms with van der Waals surface area (Å²) in [5.74, 6) is 0. The summed E-state index contributed by atoms with van der Waals surface area (Å²) >= 11 is 0. The van der Waals surface area contributed by atoms with Gasteiger partial charge in [-0.2, -0.15) is 0 Å². The Kier molecular flexibility index (Phi) is 4.40. The van der Waals surface area contributed by atoms with Gasteiger partial charge in [-0.1, -0.05) is 24.3 Å². The molecule has 1 aliphatic heterocycles. The molecule has 1 fully saturated rings. The van der Waals surface area contributed by atoms with E-state index in [9.17, 15) is 5.11 Å². The number of rotatable bonds is 2. The van der Waals surface area contributed by atoms with E-state index in [2.05, 4.69) is 47.1 Å². The third kappa shape index (κ3) is 3.24. The van der Waals surface area contributed by atoms with Gasteiger partial charge in [-0.3, -0.25) is 4.90 Å². The number of hydrogen-bond acceptors (Lipinski definition) is 4. The van der Waals surface area contributed by atoms with Gasteiger partial charge in [0, 0.05) is 50.0 Å². The number of hydrogen-bond donors (Lipinski definition) is 2. The number of aryl methyl sites for hydroxylation is 1. The average Bonchev–Trinajstić information content (AvgIpc) is 2.62. The van der Waals surface area contributed by atoms with Crippen molar-refractivity contribution in [2.24, 2.45) is 0 Å². The highest BCUT2D eigenvalue weighted by Crippen LogP contribution is 2.30. The van der Waals surface area contributed by atoms with Crippen LogP contribution < -0.4 is 10.6 Å². The molecule has 2 aliphatic rings. The van der Waals surface area contributed by atoms with Crippen LogP contribution in [-0.2, 0) is 12.8 Å². The van der Waals surface area contributed by atoms with Gasteiger partial charge in [-0.05, 0) is 48.2 Å². The molecule has 132 valence electrons. The number of aliphatic hydroxyl groups excluding tert-OH is 1. The topological polar surface area (TPSA) is 52.7 Å². The number of piperazine rings is 1. The molecule has 2 aromatic carbocycles. The van der Waals surface area contributed by atoms with Gasteiger partial charge in [-0.25, -0.2) is 0 Å². The molecule has 0 radical (unpaired) electrons. The Labute approximate surface area is 149 Å². The van der Waals surface area contributed by atoms with Crippen LogP contribution in [0.2, 0.25) is 0 Å². The molecule has 1 saturated heterocycles. The lowest BCUT2D eigenvalue weighted by Crippen LogP contribution is -2.56. The summed E-state index contributed by atoms with van der Waals surface area (Å²) < 4.78 is 0. The highest BCUT2D eigenvalue weighted by molar-refractivity contribution is 5.53. The third-order valence-corrected chi connectivity index (χ3v) is 5.75. The lowest BCUT2D eigenvalue weighted by atomic mass is 9.84. The van der Waals surface area contributed by atoms with Crippen molar-refractivity contribution in [3.05, 3.63) is 59.2 Å². The van der Waals surface area contributed by atoms with E-state index in [0.717, 1.165) is 43.9 Å². The summed E-state index contributed by atoms with van der Waals surface area (Å²) in [5.41, 5.74) is 12.0. The van der Waals surface area contributed by atoms with Crippen molar-refractivity contribution in [1.29, 1.82) is 0 Å². The maximum atomic E-state index is 10.7. The highest BCUT2D eigenvalue weighted by atomic mass is 16.3. The van der Waals surface area contributed by atoms with Crippen molar-refractivity contribution < 1.29 is 5.11 Å². The van der Waals surface area contributed by atoms with E-state index < -0.39 is 0 Å². The fourth-order valence-corrected chi connectivity index (χ4v) is 4.31. The fourth-order valence-electron chi connectivity index (χ4n) is 4.31. The predicted octanol–water partition coefficient (Wildman–Crippen LogP) is 2.23. The quantitative estimate of drug-likeness (QED) is 0.825. The molecular weight excluding hydrogens is 310 g/mol. The zero-order valence-corrected chi connectivity index (χ0v) is 14.9. The first-order chi connectivity index (χ1) is 12.1. The van der Waals surface area contributed by atoms with Gasteiger partial charge in [0.25, 0.3) is 0 Å². The zero-order valence-electron chi connectivity index (χ0n) is 14.9. The molecule has 0 aromatic heterocycles. The summed E-state index contributed by atoms with van der Waals surface area (Å²) in [4.78, 5) is 4.91. The number of nitrogens with zero attached hydrogens (tertiary/aromatic N) is 2. The molecule has 25 heavy (non-hydrogen) atoms. The molecule has 4 rings (SSSR count). The molecule has 1 aliphatic carbocycles. The molecule has 0 unspecified atom stereocenters. The van der Waals surface area contributed by atoms with Gasteiger partial charge in [0.15, 0.2) is 0 Å². The largest absolute Gasteiger partial charge is 0.398 e. The molecule has 3 N–H and O–H groups in total. The van der Waals surface area contributed by atoms with Crippen molar-refractivity contribution in [2.75, 3.05) is 36.8 Å². The Bertz CT molecular complexity index is 753. The van der Waals surface area contributed by atoms with Crippen LogP contribution in [0.4, 0.5) is 11.4 Å². The maximum Gasteiger partial charge on any atom is 0.0739 e. The number of fused-ring (bicyclic) bond motifs is 1. The highest BCUT2D eigenvalue weighted by Gasteiger charge is 2.33. The minimum Gasteiger partial charge on any atom is -0.398 e. The Balaban J connectivity index is 1.44. The number of nitrogens with two attached hydrogens (primary N) is 1. The summed E-state index contributed by atoms with van der Waals surface area (Å²) in [7, 11) is 0. The summed E-state index contributed by atoms with van der Waals surface area (Å²) in [6, 6.07) is 15.0. The minimum atomic E-state index is -0.331. The fraction of sp³-hybridized carbons (Fsp3) is 0.429. The normalized spacial score (nSPS) is 24.2. The van der Waals surface area contributed by atoms with E-state index in [-0.39, 0.29) is 12.1 Å². The lowest BCUT2D eigenvalue weighted by molar-refractivity contribution is 0.0397. The lowest BCUT2D eigenvalue weighted by Gasteiger charge is -2.43. The van der Waals surface area contributed by atoms with E-state index >= 15 is 0 Å². The maximum absolute atomic E-state index is 10.7. The first-order valence-electron chi connectivity index (χ1n) is 9.22. The number of benzene rings is 2. The Morgan fingerprint density at radius 3 is 2.52 bits per heavy atom. The van der Waals surface area contributed by atoms with Gasteiger partial charge in [0.1, 0.15) is 0 Å². The Morgan fingerprint density at radius 1 is 1.00 bits per heavy atom. The van der Waals surface area contributed by atoms with Crippen LogP contribution in [0.3, 0.4) is 0 Å². The standard InChI is InChI=1S/C21H27N3O/c1-15-4-2-6-17(12-15)23-8-10-24(11-9-23)20-13-16-5-3-7-19(22)18(16)14-21(20)25/h2-7,12,20-21,25H,8-11,13-14,22H2,1H3/t20-,21-/m1/s1. The van der Waals surface area contributed by atoms with Crippen LogP contribution in [0.5, 0.6) is 0 Å². The number of aliphatic hydroxyl groups is 1. The molecule has 2 atom stereocenters. The first kappa shape index (κ1) is 16.4. The Morgan fingerprint density at radius 2 is 1.76 bits per heavy atom. The SMILES string of the molecule is Cc1cccc(N2CCN([C@@H]3Cc4cccc(N)c4C[C@H]3O)CC2)c1. The molecule has 4 nitrogen and oxygen atoms in total. The second-order valence-electron chi connectivity index (χ2n) is 7.39. The second kappa shape index (κ2) is 6.70. The summed E-state index contributed by atoms with van der Waals surface area (Å²) in [6.45, 7) is 6.15. The minimum absolute atomic E-state index is 0.203. The van der Waals surface area contributed by atoms with Crippen molar-refractivity contribution >= 4 is 11.4 Å². The van der Waals surface area contributed by atoms with Crippen LogP contribution in [-0.4, -0.2) is 48.3 Å². The van der Waals surface area contributed by atoms with Crippen LogP contribution in [0.25, 0.3) is 0 Å². The van der Waals surface area contributed by atoms with Crippen molar-refractivity contribution in [3.63, 3.8) is 0 Å². The van der Waals surface area contributed by atoms with Crippen LogP contribution in [0, 0.1) is 6.92 Å². The molecule has 0 spiro atoms. The number of nitrogen functional groups attached to an aromatic ring is 1. The van der Waals surface area contributed by atoms with Gasteiger partial charge < -0.3 is 15.7 Å². The van der Waals surface area contributed by atoms with Crippen LogP contribution >= 0.6 is 0 Å². The van der Waals surface area contributed by atoms with Gasteiger partial charge in [-0.15, -0.1) is 0 Å². The molecule has 2 aromatic rings. The summed E-state index contributed by atoms with van der Waals surface area (Å²) in [5, 5.41) is 10.7. The molecule has 4 heteroatoms.